The molecule has 1 N–H and O–H groups in total. The topological polar surface area (TPSA) is 15.3 Å². The summed E-state index contributed by atoms with van der Waals surface area (Å²) in [5.41, 5.74) is 4.13. The van der Waals surface area contributed by atoms with Gasteiger partial charge in [-0.1, -0.05) is 19.8 Å². The minimum absolute atomic E-state index is 0.867. The van der Waals surface area contributed by atoms with E-state index >= 15 is 0 Å². The Morgan fingerprint density at radius 2 is 1.95 bits per heavy atom. The summed E-state index contributed by atoms with van der Waals surface area (Å²) in [5.74, 6) is 1.79. The van der Waals surface area contributed by atoms with E-state index in [0.29, 0.717) is 0 Å². The average Bonchev–Trinajstić information content (AvgIpc) is 3.00. The maximum atomic E-state index is 3.70. The molecule has 116 valence electrons. The fourth-order valence-corrected chi connectivity index (χ4v) is 4.02. The Balaban J connectivity index is 1.58. The van der Waals surface area contributed by atoms with Crippen molar-refractivity contribution in [1.29, 1.82) is 0 Å². The van der Waals surface area contributed by atoms with E-state index in [9.17, 15) is 0 Å². The van der Waals surface area contributed by atoms with Crippen molar-refractivity contribution in [1.82, 2.24) is 0 Å². The minimum atomic E-state index is 0.867. The molecule has 2 aliphatic rings. The van der Waals surface area contributed by atoms with E-state index in [1.54, 1.807) is 0 Å². The Labute approximate surface area is 129 Å². The molecule has 2 fully saturated rings. The van der Waals surface area contributed by atoms with Crippen molar-refractivity contribution in [3.8, 4) is 0 Å². The van der Waals surface area contributed by atoms with Crippen LogP contribution in [0.15, 0.2) is 18.2 Å². The lowest BCUT2D eigenvalue weighted by Gasteiger charge is -2.27. The van der Waals surface area contributed by atoms with E-state index in [-0.39, 0.29) is 0 Å². The lowest BCUT2D eigenvalue weighted by molar-refractivity contribution is 0.293. The smallest absolute Gasteiger partial charge is 0.0371 e. The molecular formula is C19H30N2. The van der Waals surface area contributed by atoms with Gasteiger partial charge in [0.1, 0.15) is 0 Å². The first-order valence-corrected chi connectivity index (χ1v) is 8.82. The monoisotopic (exact) mass is 286 g/mol. The van der Waals surface area contributed by atoms with E-state index in [4.69, 9.17) is 0 Å². The molecule has 2 unspecified atom stereocenters. The van der Waals surface area contributed by atoms with Crippen molar-refractivity contribution in [3.05, 3.63) is 23.8 Å². The van der Waals surface area contributed by atoms with Gasteiger partial charge in [-0.15, -0.1) is 0 Å². The number of hydrogen-bond acceptors (Lipinski definition) is 2. The molecule has 1 heterocycles. The molecule has 0 bridgehead atoms. The number of anilines is 2. The minimum Gasteiger partial charge on any atom is -0.385 e. The first-order chi connectivity index (χ1) is 10.2. The highest BCUT2D eigenvalue weighted by Gasteiger charge is 2.19. The molecule has 1 aromatic rings. The highest BCUT2D eigenvalue weighted by atomic mass is 15.1. The molecule has 1 aliphatic carbocycles. The first-order valence-electron chi connectivity index (χ1n) is 8.82. The second kappa shape index (κ2) is 6.72. The summed E-state index contributed by atoms with van der Waals surface area (Å²) >= 11 is 0. The summed E-state index contributed by atoms with van der Waals surface area (Å²) in [6, 6.07) is 6.94. The molecule has 3 rings (SSSR count). The number of rotatable bonds is 4. The van der Waals surface area contributed by atoms with Gasteiger partial charge in [-0.2, -0.15) is 0 Å². The van der Waals surface area contributed by atoms with Gasteiger partial charge in [-0.3, -0.25) is 0 Å². The standard InChI is InChI=1S/C19H30N2/c1-15-6-5-7-17(12-15)14-20-19-9-8-18(13-16(19)2)21-10-3-4-11-21/h8-9,13,15,17,20H,3-7,10-12,14H2,1-2H3. The van der Waals surface area contributed by atoms with E-state index in [0.717, 1.165) is 18.4 Å². The van der Waals surface area contributed by atoms with E-state index in [1.165, 1.54) is 68.6 Å². The quantitative estimate of drug-likeness (QED) is 0.852. The SMILES string of the molecule is Cc1cc(N2CCCC2)ccc1NCC1CCCC(C)C1. The van der Waals surface area contributed by atoms with Crippen molar-refractivity contribution in [2.24, 2.45) is 11.8 Å². The molecular weight excluding hydrogens is 256 g/mol. The molecule has 1 aliphatic heterocycles. The van der Waals surface area contributed by atoms with Gasteiger partial charge in [0.15, 0.2) is 0 Å². The second-order valence-electron chi connectivity index (χ2n) is 7.21. The zero-order valence-corrected chi connectivity index (χ0v) is 13.7. The van der Waals surface area contributed by atoms with Crippen molar-refractivity contribution < 1.29 is 0 Å². The summed E-state index contributed by atoms with van der Waals surface area (Å²) in [5, 5.41) is 3.70. The molecule has 1 aromatic carbocycles. The maximum Gasteiger partial charge on any atom is 0.0371 e. The summed E-state index contributed by atoms with van der Waals surface area (Å²) < 4.78 is 0. The zero-order chi connectivity index (χ0) is 14.7. The van der Waals surface area contributed by atoms with Gasteiger partial charge in [0.25, 0.3) is 0 Å². The average molecular weight is 286 g/mol. The van der Waals surface area contributed by atoms with Crippen LogP contribution in [0.25, 0.3) is 0 Å². The molecule has 0 aromatic heterocycles. The predicted octanol–water partition coefficient (Wildman–Crippen LogP) is 4.83. The van der Waals surface area contributed by atoms with Gasteiger partial charge < -0.3 is 10.2 Å². The Morgan fingerprint density at radius 1 is 1.14 bits per heavy atom. The summed E-state index contributed by atoms with van der Waals surface area (Å²) in [6.45, 7) is 8.25. The number of nitrogens with zero attached hydrogens (tertiary/aromatic N) is 1. The first kappa shape index (κ1) is 14.7. The highest BCUT2D eigenvalue weighted by Crippen LogP contribution is 2.30. The lowest BCUT2D eigenvalue weighted by Crippen LogP contribution is -2.21. The number of nitrogens with one attached hydrogen (secondary N) is 1. The number of aryl methyl sites for hydroxylation is 1. The van der Waals surface area contributed by atoms with Crippen LogP contribution in [0.1, 0.15) is 51.0 Å². The van der Waals surface area contributed by atoms with E-state index < -0.39 is 0 Å². The van der Waals surface area contributed by atoms with Crippen LogP contribution in [0.2, 0.25) is 0 Å². The maximum absolute atomic E-state index is 3.70. The van der Waals surface area contributed by atoms with Gasteiger partial charge in [0.2, 0.25) is 0 Å². The Hall–Kier alpha value is -1.18. The van der Waals surface area contributed by atoms with Crippen molar-refractivity contribution in [2.45, 2.75) is 52.4 Å². The van der Waals surface area contributed by atoms with E-state index in [2.05, 4.69) is 42.3 Å². The second-order valence-corrected chi connectivity index (χ2v) is 7.21. The van der Waals surface area contributed by atoms with Crippen LogP contribution in [0.3, 0.4) is 0 Å². The summed E-state index contributed by atoms with van der Waals surface area (Å²) in [4.78, 5) is 2.51. The van der Waals surface area contributed by atoms with Gasteiger partial charge in [0.05, 0.1) is 0 Å². The Bertz CT molecular complexity index is 463. The molecule has 1 saturated carbocycles. The molecule has 2 nitrogen and oxygen atoms in total. The third kappa shape index (κ3) is 3.72. The van der Waals surface area contributed by atoms with Crippen LogP contribution in [0.5, 0.6) is 0 Å². The Kier molecular flexibility index (Phi) is 4.72. The molecule has 0 radical (unpaired) electrons. The van der Waals surface area contributed by atoms with Crippen LogP contribution >= 0.6 is 0 Å². The third-order valence-corrected chi connectivity index (χ3v) is 5.31. The third-order valence-electron chi connectivity index (χ3n) is 5.31. The molecule has 1 saturated heterocycles. The summed E-state index contributed by atoms with van der Waals surface area (Å²) in [6.07, 6.45) is 8.35. The van der Waals surface area contributed by atoms with Crippen molar-refractivity contribution in [2.75, 3.05) is 29.9 Å². The Morgan fingerprint density at radius 3 is 2.67 bits per heavy atom. The number of benzene rings is 1. The zero-order valence-electron chi connectivity index (χ0n) is 13.7. The van der Waals surface area contributed by atoms with Crippen LogP contribution in [0.4, 0.5) is 11.4 Å². The number of hydrogen-bond donors (Lipinski definition) is 1. The normalized spacial score (nSPS) is 26.1. The molecule has 0 spiro atoms. The van der Waals surface area contributed by atoms with Gasteiger partial charge in [0, 0.05) is 31.0 Å². The largest absolute Gasteiger partial charge is 0.385 e. The molecule has 21 heavy (non-hydrogen) atoms. The predicted molar refractivity (Wildman–Crippen MR) is 92.2 cm³/mol. The van der Waals surface area contributed by atoms with Gasteiger partial charge >= 0.3 is 0 Å². The lowest BCUT2D eigenvalue weighted by atomic mass is 9.82. The molecule has 2 atom stereocenters. The summed E-state index contributed by atoms with van der Waals surface area (Å²) in [7, 11) is 0. The highest BCUT2D eigenvalue weighted by molar-refractivity contribution is 5.60. The van der Waals surface area contributed by atoms with Crippen molar-refractivity contribution in [3.63, 3.8) is 0 Å². The van der Waals surface area contributed by atoms with Crippen LogP contribution in [-0.2, 0) is 0 Å². The van der Waals surface area contributed by atoms with Crippen LogP contribution < -0.4 is 10.2 Å². The van der Waals surface area contributed by atoms with E-state index in [1.807, 2.05) is 0 Å². The van der Waals surface area contributed by atoms with Crippen molar-refractivity contribution >= 4 is 11.4 Å². The molecule has 2 heteroatoms. The fourth-order valence-electron chi connectivity index (χ4n) is 4.02. The van der Waals surface area contributed by atoms with Crippen LogP contribution in [-0.4, -0.2) is 19.6 Å². The molecule has 0 amide bonds. The van der Waals surface area contributed by atoms with Gasteiger partial charge in [-0.05, 0) is 68.2 Å². The fraction of sp³-hybridized carbons (Fsp3) is 0.684. The van der Waals surface area contributed by atoms with Gasteiger partial charge in [-0.25, -0.2) is 0 Å². The van der Waals surface area contributed by atoms with Crippen LogP contribution in [0, 0.1) is 18.8 Å².